The molecule has 0 saturated heterocycles. The van der Waals surface area contributed by atoms with E-state index in [0.29, 0.717) is 12.2 Å². The summed E-state index contributed by atoms with van der Waals surface area (Å²) in [7, 11) is 2.56. The fourth-order valence-electron chi connectivity index (χ4n) is 1.79. The van der Waals surface area contributed by atoms with Crippen molar-refractivity contribution in [1.82, 2.24) is 4.90 Å². The highest BCUT2D eigenvalue weighted by Crippen LogP contribution is 2.09. The summed E-state index contributed by atoms with van der Waals surface area (Å²) < 4.78 is 12.1. The first-order valence-electron chi connectivity index (χ1n) is 6.29. The second-order valence-corrected chi connectivity index (χ2v) is 6.50. The topological polar surface area (TPSA) is 57.6 Å². The van der Waals surface area contributed by atoms with Crippen molar-refractivity contribution in [3.05, 3.63) is 35.9 Å². The SMILES string of the molecule is CN(C)CCCS(=O)C(Cc1ccccc1)C(=O)O. The quantitative estimate of drug-likeness (QED) is 0.783. The lowest BCUT2D eigenvalue weighted by Gasteiger charge is -2.14. The molecule has 5 heteroatoms. The lowest BCUT2D eigenvalue weighted by Crippen LogP contribution is -2.30. The monoisotopic (exact) mass is 283 g/mol. The van der Waals surface area contributed by atoms with Gasteiger partial charge >= 0.3 is 5.97 Å². The Morgan fingerprint density at radius 2 is 1.95 bits per heavy atom. The molecule has 1 rings (SSSR count). The number of hydrogen-bond acceptors (Lipinski definition) is 3. The fourth-order valence-corrected chi connectivity index (χ4v) is 3.09. The number of carboxylic acid groups (broad SMARTS) is 1. The van der Waals surface area contributed by atoms with E-state index in [0.717, 1.165) is 18.5 Å². The van der Waals surface area contributed by atoms with Crippen LogP contribution in [-0.4, -0.2) is 51.8 Å². The third-order valence-electron chi connectivity index (χ3n) is 2.81. The van der Waals surface area contributed by atoms with E-state index in [2.05, 4.69) is 0 Å². The van der Waals surface area contributed by atoms with Crippen LogP contribution in [0.3, 0.4) is 0 Å². The van der Waals surface area contributed by atoms with E-state index in [9.17, 15) is 14.1 Å². The molecule has 0 amide bonds. The molecule has 0 radical (unpaired) electrons. The Labute approximate surface area is 116 Å². The molecule has 106 valence electrons. The van der Waals surface area contributed by atoms with E-state index in [1.165, 1.54) is 0 Å². The van der Waals surface area contributed by atoms with Crippen LogP contribution >= 0.6 is 0 Å². The summed E-state index contributed by atoms with van der Waals surface area (Å²) in [5.74, 6) is -0.547. The summed E-state index contributed by atoms with van der Waals surface area (Å²) in [6.07, 6.45) is 1.07. The summed E-state index contributed by atoms with van der Waals surface area (Å²) in [6.45, 7) is 0.823. The highest BCUT2D eigenvalue weighted by molar-refractivity contribution is 7.86. The molecule has 1 N–H and O–H groups in total. The highest BCUT2D eigenvalue weighted by Gasteiger charge is 2.24. The molecule has 0 aliphatic rings. The minimum atomic E-state index is -1.33. The molecule has 1 aromatic carbocycles. The van der Waals surface area contributed by atoms with Gasteiger partial charge in [-0.25, -0.2) is 0 Å². The number of rotatable bonds is 8. The molecule has 2 atom stereocenters. The first kappa shape index (κ1) is 15.9. The molecule has 1 aromatic rings. The molecule has 0 aromatic heterocycles. The van der Waals surface area contributed by atoms with Crippen molar-refractivity contribution in [1.29, 1.82) is 0 Å². The lowest BCUT2D eigenvalue weighted by molar-refractivity contribution is -0.136. The van der Waals surface area contributed by atoms with Crippen LogP contribution in [0.5, 0.6) is 0 Å². The third-order valence-corrected chi connectivity index (χ3v) is 4.50. The van der Waals surface area contributed by atoms with Crippen LogP contribution in [0.15, 0.2) is 30.3 Å². The zero-order chi connectivity index (χ0) is 14.3. The number of hydrogen-bond donors (Lipinski definition) is 1. The average Bonchev–Trinajstić information content (AvgIpc) is 2.36. The smallest absolute Gasteiger partial charge is 0.319 e. The van der Waals surface area contributed by atoms with Crippen molar-refractivity contribution in [2.45, 2.75) is 18.1 Å². The average molecular weight is 283 g/mol. The van der Waals surface area contributed by atoms with E-state index < -0.39 is 22.0 Å². The zero-order valence-electron chi connectivity index (χ0n) is 11.4. The van der Waals surface area contributed by atoms with E-state index in [1.54, 1.807) is 0 Å². The van der Waals surface area contributed by atoms with Crippen molar-refractivity contribution in [3.63, 3.8) is 0 Å². The van der Waals surface area contributed by atoms with Crippen LogP contribution in [0.4, 0.5) is 0 Å². The number of aliphatic carboxylic acids is 1. The number of carbonyl (C=O) groups is 1. The van der Waals surface area contributed by atoms with Crippen molar-refractivity contribution in [2.24, 2.45) is 0 Å². The van der Waals surface area contributed by atoms with Gasteiger partial charge in [0, 0.05) is 16.6 Å². The van der Waals surface area contributed by atoms with Crippen LogP contribution in [-0.2, 0) is 22.0 Å². The molecule has 0 heterocycles. The Morgan fingerprint density at radius 1 is 1.32 bits per heavy atom. The summed E-state index contributed by atoms with van der Waals surface area (Å²) in [5.41, 5.74) is 0.913. The Balaban J connectivity index is 2.57. The Hall–Kier alpha value is -1.20. The minimum absolute atomic E-state index is 0.324. The predicted molar refractivity (Wildman–Crippen MR) is 77.8 cm³/mol. The highest BCUT2D eigenvalue weighted by atomic mass is 32.2. The first-order valence-corrected chi connectivity index (χ1v) is 7.67. The molecule has 2 unspecified atom stereocenters. The van der Waals surface area contributed by atoms with Crippen molar-refractivity contribution in [3.8, 4) is 0 Å². The first-order chi connectivity index (χ1) is 9.00. The maximum Gasteiger partial charge on any atom is 0.319 e. The van der Waals surface area contributed by atoms with E-state index in [4.69, 9.17) is 0 Å². The largest absolute Gasteiger partial charge is 0.480 e. The van der Waals surface area contributed by atoms with Gasteiger partial charge in [0.1, 0.15) is 5.25 Å². The van der Waals surface area contributed by atoms with Crippen molar-refractivity contribution in [2.75, 3.05) is 26.4 Å². The second kappa shape index (κ2) is 8.07. The number of nitrogens with zero attached hydrogens (tertiary/aromatic N) is 1. The van der Waals surface area contributed by atoms with Gasteiger partial charge in [0.15, 0.2) is 0 Å². The summed E-state index contributed by atoms with van der Waals surface area (Å²) in [5, 5.41) is 8.39. The van der Waals surface area contributed by atoms with Gasteiger partial charge in [-0.15, -0.1) is 0 Å². The molecular weight excluding hydrogens is 262 g/mol. The lowest BCUT2D eigenvalue weighted by atomic mass is 10.1. The van der Waals surface area contributed by atoms with Gasteiger partial charge in [-0.3, -0.25) is 9.00 Å². The van der Waals surface area contributed by atoms with Crippen LogP contribution < -0.4 is 0 Å². The molecule has 4 nitrogen and oxygen atoms in total. The Bertz CT molecular complexity index is 420. The predicted octanol–water partition coefficient (Wildman–Crippen LogP) is 1.38. The van der Waals surface area contributed by atoms with Gasteiger partial charge < -0.3 is 10.0 Å². The van der Waals surface area contributed by atoms with Crippen LogP contribution in [0.25, 0.3) is 0 Å². The Morgan fingerprint density at radius 3 is 2.47 bits per heavy atom. The summed E-state index contributed by atoms with van der Waals surface area (Å²) >= 11 is 0. The second-order valence-electron chi connectivity index (χ2n) is 4.76. The zero-order valence-corrected chi connectivity index (χ0v) is 12.2. The molecule has 0 saturated carbocycles. The van der Waals surface area contributed by atoms with Gasteiger partial charge in [-0.05, 0) is 39.0 Å². The van der Waals surface area contributed by atoms with Gasteiger partial charge in [0.25, 0.3) is 0 Å². The molecule has 19 heavy (non-hydrogen) atoms. The summed E-state index contributed by atoms with van der Waals surface area (Å²) in [6, 6.07) is 9.35. The standard InChI is InChI=1S/C14H21NO3S/c1-15(2)9-6-10-19(18)13(14(16)17)11-12-7-4-3-5-8-12/h3-5,7-8,13H,6,9-11H2,1-2H3,(H,16,17). The van der Waals surface area contributed by atoms with Crippen LogP contribution in [0.2, 0.25) is 0 Å². The third kappa shape index (κ3) is 5.98. The number of benzene rings is 1. The van der Waals surface area contributed by atoms with Crippen molar-refractivity contribution >= 4 is 16.8 Å². The molecule has 0 aliphatic carbocycles. The van der Waals surface area contributed by atoms with Crippen LogP contribution in [0, 0.1) is 0 Å². The maximum absolute atomic E-state index is 12.1. The normalized spacial score (nSPS) is 14.3. The van der Waals surface area contributed by atoms with Gasteiger partial charge in [0.05, 0.1) is 0 Å². The van der Waals surface area contributed by atoms with Gasteiger partial charge in [-0.1, -0.05) is 30.3 Å². The van der Waals surface area contributed by atoms with E-state index >= 15 is 0 Å². The van der Waals surface area contributed by atoms with E-state index in [-0.39, 0.29) is 0 Å². The van der Waals surface area contributed by atoms with Gasteiger partial charge in [-0.2, -0.15) is 0 Å². The fraction of sp³-hybridized carbons (Fsp3) is 0.500. The van der Waals surface area contributed by atoms with Crippen molar-refractivity contribution < 1.29 is 14.1 Å². The number of carboxylic acids is 1. The molecule has 0 bridgehead atoms. The molecule has 0 aliphatic heterocycles. The summed E-state index contributed by atoms with van der Waals surface area (Å²) in [4.78, 5) is 13.2. The molecule has 0 fully saturated rings. The maximum atomic E-state index is 12.1. The van der Waals surface area contributed by atoms with Crippen LogP contribution in [0.1, 0.15) is 12.0 Å². The minimum Gasteiger partial charge on any atom is -0.480 e. The Kier molecular flexibility index (Phi) is 6.73. The molecular formula is C14H21NO3S. The van der Waals surface area contributed by atoms with Gasteiger partial charge in [0.2, 0.25) is 0 Å². The van der Waals surface area contributed by atoms with E-state index in [1.807, 2.05) is 49.3 Å². The molecule has 0 spiro atoms.